The molecule has 0 amide bonds. The molecule has 0 spiro atoms. The SMILES string of the molecule is CC1=Nc2ccccc2C(=C(C#N)C#N)C1. The minimum Gasteiger partial charge on any atom is -0.257 e. The van der Waals surface area contributed by atoms with E-state index in [1.54, 1.807) is 0 Å². The molecule has 1 aromatic carbocycles. The molecular formula is C13H9N3. The Morgan fingerprint density at radius 1 is 1.25 bits per heavy atom. The first-order valence-corrected chi connectivity index (χ1v) is 4.93. The van der Waals surface area contributed by atoms with E-state index in [1.807, 2.05) is 43.3 Å². The zero-order valence-corrected chi connectivity index (χ0v) is 8.86. The van der Waals surface area contributed by atoms with Crippen LogP contribution in [-0.2, 0) is 0 Å². The predicted octanol–water partition coefficient (Wildman–Crippen LogP) is 2.98. The molecule has 2 rings (SSSR count). The molecule has 0 bridgehead atoms. The summed E-state index contributed by atoms with van der Waals surface area (Å²) >= 11 is 0. The van der Waals surface area contributed by atoms with Gasteiger partial charge < -0.3 is 0 Å². The highest BCUT2D eigenvalue weighted by Gasteiger charge is 2.17. The van der Waals surface area contributed by atoms with Gasteiger partial charge in [-0.3, -0.25) is 4.99 Å². The number of nitriles is 2. The van der Waals surface area contributed by atoms with E-state index in [9.17, 15) is 0 Å². The van der Waals surface area contributed by atoms with Crippen LogP contribution in [0.5, 0.6) is 0 Å². The quantitative estimate of drug-likeness (QED) is 0.614. The number of allylic oxidation sites excluding steroid dienone is 2. The summed E-state index contributed by atoms with van der Waals surface area (Å²) in [6.07, 6.45) is 0.577. The second-order valence-electron chi connectivity index (χ2n) is 3.62. The zero-order valence-electron chi connectivity index (χ0n) is 8.86. The number of rotatable bonds is 0. The van der Waals surface area contributed by atoms with Gasteiger partial charge in [-0.15, -0.1) is 0 Å². The second-order valence-corrected chi connectivity index (χ2v) is 3.62. The van der Waals surface area contributed by atoms with Crippen LogP contribution < -0.4 is 0 Å². The highest BCUT2D eigenvalue weighted by molar-refractivity contribution is 6.01. The third kappa shape index (κ3) is 1.60. The van der Waals surface area contributed by atoms with Crippen molar-refractivity contribution >= 4 is 17.0 Å². The lowest BCUT2D eigenvalue weighted by atomic mass is 9.92. The van der Waals surface area contributed by atoms with Gasteiger partial charge in [0.2, 0.25) is 0 Å². The summed E-state index contributed by atoms with van der Waals surface area (Å²) in [5.74, 6) is 0. The maximum Gasteiger partial charge on any atom is 0.133 e. The largest absolute Gasteiger partial charge is 0.257 e. The average Bonchev–Trinajstić information content (AvgIpc) is 2.30. The molecule has 0 aliphatic carbocycles. The van der Waals surface area contributed by atoms with Crippen LogP contribution in [0.2, 0.25) is 0 Å². The molecule has 1 aliphatic heterocycles. The van der Waals surface area contributed by atoms with Gasteiger partial charge in [-0.1, -0.05) is 18.2 Å². The number of hydrogen-bond acceptors (Lipinski definition) is 3. The lowest BCUT2D eigenvalue weighted by Gasteiger charge is -2.16. The molecule has 0 unspecified atom stereocenters. The highest BCUT2D eigenvalue weighted by Crippen LogP contribution is 2.35. The fourth-order valence-electron chi connectivity index (χ4n) is 1.81. The van der Waals surface area contributed by atoms with Crippen molar-refractivity contribution in [2.45, 2.75) is 13.3 Å². The molecule has 1 aromatic rings. The molecule has 0 radical (unpaired) electrons. The molecule has 0 aromatic heterocycles. The lowest BCUT2D eigenvalue weighted by molar-refractivity contribution is 1.30. The fraction of sp³-hybridized carbons (Fsp3) is 0.154. The zero-order chi connectivity index (χ0) is 11.5. The van der Waals surface area contributed by atoms with Crippen molar-refractivity contribution in [3.05, 3.63) is 35.4 Å². The van der Waals surface area contributed by atoms with Crippen molar-refractivity contribution in [1.82, 2.24) is 0 Å². The van der Waals surface area contributed by atoms with Gasteiger partial charge in [0.15, 0.2) is 0 Å². The highest BCUT2D eigenvalue weighted by atomic mass is 14.8. The monoisotopic (exact) mass is 207 g/mol. The van der Waals surface area contributed by atoms with E-state index in [-0.39, 0.29) is 5.57 Å². The van der Waals surface area contributed by atoms with Gasteiger partial charge in [-0.25, -0.2) is 0 Å². The number of aliphatic imine (C=N–C) groups is 1. The first-order chi connectivity index (χ1) is 7.76. The van der Waals surface area contributed by atoms with E-state index in [2.05, 4.69) is 4.99 Å². The van der Waals surface area contributed by atoms with Crippen molar-refractivity contribution in [3.63, 3.8) is 0 Å². The van der Waals surface area contributed by atoms with Crippen LogP contribution in [0.4, 0.5) is 5.69 Å². The topological polar surface area (TPSA) is 59.9 Å². The molecule has 16 heavy (non-hydrogen) atoms. The Morgan fingerprint density at radius 2 is 1.94 bits per heavy atom. The molecule has 0 fully saturated rings. The third-order valence-electron chi connectivity index (χ3n) is 2.50. The fourth-order valence-corrected chi connectivity index (χ4v) is 1.81. The number of fused-ring (bicyclic) bond motifs is 1. The average molecular weight is 207 g/mol. The Balaban J connectivity index is 2.72. The molecule has 0 atom stereocenters. The molecule has 3 heteroatoms. The van der Waals surface area contributed by atoms with Gasteiger partial charge in [0, 0.05) is 17.7 Å². The van der Waals surface area contributed by atoms with E-state index in [1.165, 1.54) is 0 Å². The van der Waals surface area contributed by atoms with E-state index < -0.39 is 0 Å². The minimum atomic E-state index is 0.182. The number of para-hydroxylation sites is 1. The predicted molar refractivity (Wildman–Crippen MR) is 62.0 cm³/mol. The van der Waals surface area contributed by atoms with Crippen LogP contribution in [0.3, 0.4) is 0 Å². The first-order valence-electron chi connectivity index (χ1n) is 4.93. The Kier molecular flexibility index (Phi) is 2.54. The van der Waals surface area contributed by atoms with Crippen LogP contribution in [-0.4, -0.2) is 5.71 Å². The normalized spacial score (nSPS) is 13.2. The summed E-state index contributed by atoms with van der Waals surface area (Å²) in [7, 11) is 0. The molecule has 0 saturated heterocycles. The van der Waals surface area contributed by atoms with Crippen LogP contribution >= 0.6 is 0 Å². The Bertz CT molecular complexity index is 564. The van der Waals surface area contributed by atoms with Crippen LogP contribution in [0.25, 0.3) is 5.57 Å². The Morgan fingerprint density at radius 3 is 2.62 bits per heavy atom. The summed E-state index contributed by atoms with van der Waals surface area (Å²) in [5, 5.41) is 17.8. The first kappa shape index (κ1) is 10.1. The number of hydrogen-bond donors (Lipinski definition) is 0. The van der Waals surface area contributed by atoms with Crippen LogP contribution in [0.1, 0.15) is 18.9 Å². The van der Waals surface area contributed by atoms with Gasteiger partial charge in [0.05, 0.1) is 5.69 Å². The van der Waals surface area contributed by atoms with Crippen LogP contribution in [0.15, 0.2) is 34.8 Å². The van der Waals surface area contributed by atoms with Gasteiger partial charge in [0.1, 0.15) is 17.7 Å². The molecule has 1 aliphatic rings. The molecular weight excluding hydrogens is 198 g/mol. The van der Waals surface area contributed by atoms with Crippen molar-refractivity contribution in [2.24, 2.45) is 4.99 Å². The molecule has 1 heterocycles. The minimum absolute atomic E-state index is 0.182. The smallest absolute Gasteiger partial charge is 0.133 e. The summed E-state index contributed by atoms with van der Waals surface area (Å²) in [5.41, 5.74) is 3.63. The Hall–Kier alpha value is -2.39. The summed E-state index contributed by atoms with van der Waals surface area (Å²) in [6.45, 7) is 1.91. The standard InChI is InChI=1S/C13H9N3/c1-9-6-12(10(7-14)8-15)11-4-2-3-5-13(11)16-9/h2-5H,6H2,1H3. The molecule has 76 valence electrons. The van der Waals surface area contributed by atoms with E-state index >= 15 is 0 Å². The van der Waals surface area contributed by atoms with Gasteiger partial charge >= 0.3 is 0 Å². The van der Waals surface area contributed by atoms with Crippen LogP contribution in [0, 0.1) is 22.7 Å². The molecule has 0 N–H and O–H groups in total. The van der Waals surface area contributed by atoms with Gasteiger partial charge in [-0.2, -0.15) is 10.5 Å². The van der Waals surface area contributed by atoms with Crippen molar-refractivity contribution in [2.75, 3.05) is 0 Å². The number of nitrogens with zero attached hydrogens (tertiary/aromatic N) is 3. The van der Waals surface area contributed by atoms with Gasteiger partial charge in [0.25, 0.3) is 0 Å². The van der Waals surface area contributed by atoms with E-state index in [0.717, 1.165) is 22.5 Å². The maximum atomic E-state index is 8.92. The van der Waals surface area contributed by atoms with Crippen molar-refractivity contribution in [3.8, 4) is 12.1 Å². The molecule has 0 saturated carbocycles. The second kappa shape index (κ2) is 4.00. The van der Waals surface area contributed by atoms with E-state index in [4.69, 9.17) is 10.5 Å². The van der Waals surface area contributed by atoms with Crippen molar-refractivity contribution in [1.29, 1.82) is 10.5 Å². The summed E-state index contributed by atoms with van der Waals surface area (Å²) in [6, 6.07) is 11.5. The maximum absolute atomic E-state index is 8.92. The van der Waals surface area contributed by atoms with E-state index in [0.29, 0.717) is 6.42 Å². The number of benzene rings is 1. The Labute approximate surface area is 94.0 Å². The lowest BCUT2D eigenvalue weighted by Crippen LogP contribution is -2.02. The third-order valence-corrected chi connectivity index (χ3v) is 2.50. The van der Waals surface area contributed by atoms with Crippen molar-refractivity contribution < 1.29 is 0 Å². The summed E-state index contributed by atoms with van der Waals surface area (Å²) in [4.78, 5) is 4.41. The summed E-state index contributed by atoms with van der Waals surface area (Å²) < 4.78 is 0. The molecule has 3 nitrogen and oxygen atoms in total. The van der Waals surface area contributed by atoms with Gasteiger partial charge in [-0.05, 0) is 18.6 Å².